The second kappa shape index (κ2) is 6.60. The number of carbonyl (C=O) groups excluding carboxylic acids is 2. The summed E-state index contributed by atoms with van der Waals surface area (Å²) in [5.41, 5.74) is 2.38. The van der Waals surface area contributed by atoms with Crippen molar-refractivity contribution < 1.29 is 9.59 Å². The summed E-state index contributed by atoms with van der Waals surface area (Å²) < 4.78 is 0. The summed E-state index contributed by atoms with van der Waals surface area (Å²) in [6.07, 6.45) is 1.99. The standard InChI is InChI=1S/C18H25N3O2/c1-3-15-12-20(2)16-7-5-4-6-14(16)11-21(15)18(23)13-8-9-19-17(22)10-13/h4-7,13,15H,3,8-12H2,1-2H3,(H,19,22). The van der Waals surface area contributed by atoms with Crippen molar-refractivity contribution in [3.05, 3.63) is 29.8 Å². The quantitative estimate of drug-likeness (QED) is 0.905. The zero-order valence-electron chi connectivity index (χ0n) is 13.9. The first-order valence-corrected chi connectivity index (χ1v) is 8.46. The smallest absolute Gasteiger partial charge is 0.226 e. The van der Waals surface area contributed by atoms with Crippen LogP contribution in [0.2, 0.25) is 0 Å². The van der Waals surface area contributed by atoms with Gasteiger partial charge in [0.15, 0.2) is 0 Å². The Balaban J connectivity index is 1.87. The van der Waals surface area contributed by atoms with Gasteiger partial charge in [0.25, 0.3) is 0 Å². The number of nitrogens with one attached hydrogen (secondary N) is 1. The number of para-hydroxylation sites is 1. The molecule has 1 N–H and O–H groups in total. The molecule has 5 heteroatoms. The number of piperidine rings is 1. The summed E-state index contributed by atoms with van der Waals surface area (Å²) in [7, 11) is 2.09. The van der Waals surface area contributed by atoms with E-state index in [1.54, 1.807) is 0 Å². The van der Waals surface area contributed by atoms with Gasteiger partial charge < -0.3 is 15.1 Å². The summed E-state index contributed by atoms with van der Waals surface area (Å²) in [4.78, 5) is 29.0. The van der Waals surface area contributed by atoms with Crippen molar-refractivity contribution in [1.29, 1.82) is 0 Å². The third kappa shape index (κ3) is 3.19. The van der Waals surface area contributed by atoms with Crippen molar-refractivity contribution in [3.8, 4) is 0 Å². The number of anilines is 1. The Kier molecular flexibility index (Phi) is 4.55. The van der Waals surface area contributed by atoms with Crippen molar-refractivity contribution in [3.63, 3.8) is 0 Å². The van der Waals surface area contributed by atoms with Gasteiger partial charge in [0.05, 0.1) is 0 Å². The lowest BCUT2D eigenvalue weighted by atomic mass is 9.94. The number of hydrogen-bond acceptors (Lipinski definition) is 3. The van der Waals surface area contributed by atoms with Crippen molar-refractivity contribution in [2.24, 2.45) is 5.92 Å². The van der Waals surface area contributed by atoms with E-state index in [9.17, 15) is 9.59 Å². The number of nitrogens with zero attached hydrogens (tertiary/aromatic N) is 2. The molecule has 2 atom stereocenters. The predicted molar refractivity (Wildman–Crippen MR) is 90.1 cm³/mol. The maximum Gasteiger partial charge on any atom is 0.226 e. The second-order valence-corrected chi connectivity index (χ2v) is 6.58. The van der Waals surface area contributed by atoms with E-state index in [1.807, 2.05) is 17.0 Å². The summed E-state index contributed by atoms with van der Waals surface area (Å²) in [5.74, 6) is -0.0415. The second-order valence-electron chi connectivity index (χ2n) is 6.58. The topological polar surface area (TPSA) is 52.6 Å². The van der Waals surface area contributed by atoms with Crippen LogP contribution in [0.4, 0.5) is 5.69 Å². The first kappa shape index (κ1) is 15.8. The Morgan fingerprint density at radius 1 is 1.35 bits per heavy atom. The number of likely N-dealkylation sites (N-methyl/N-ethyl adjacent to an activating group) is 1. The number of hydrogen-bond donors (Lipinski definition) is 1. The van der Waals surface area contributed by atoms with Gasteiger partial charge in [-0.25, -0.2) is 0 Å². The third-order valence-electron chi connectivity index (χ3n) is 5.02. The molecule has 2 amide bonds. The average Bonchev–Trinajstić information content (AvgIpc) is 2.71. The first-order valence-electron chi connectivity index (χ1n) is 8.46. The van der Waals surface area contributed by atoms with Gasteiger partial charge in [-0.15, -0.1) is 0 Å². The molecule has 2 aliphatic rings. The van der Waals surface area contributed by atoms with Crippen LogP contribution in [0.15, 0.2) is 24.3 Å². The molecule has 3 rings (SSSR count). The minimum Gasteiger partial charge on any atom is -0.372 e. The highest BCUT2D eigenvalue weighted by molar-refractivity contribution is 5.87. The molecule has 0 radical (unpaired) electrons. The summed E-state index contributed by atoms with van der Waals surface area (Å²) in [6, 6.07) is 8.46. The van der Waals surface area contributed by atoms with E-state index in [1.165, 1.54) is 11.3 Å². The summed E-state index contributed by atoms with van der Waals surface area (Å²) in [5, 5.41) is 2.81. The number of fused-ring (bicyclic) bond motifs is 1. The van der Waals surface area contributed by atoms with Crippen LogP contribution in [0.25, 0.3) is 0 Å². The lowest BCUT2D eigenvalue weighted by molar-refractivity contribution is -0.142. The summed E-state index contributed by atoms with van der Waals surface area (Å²) >= 11 is 0. The van der Waals surface area contributed by atoms with Gasteiger partial charge in [0.2, 0.25) is 11.8 Å². The maximum absolute atomic E-state index is 13.1. The largest absolute Gasteiger partial charge is 0.372 e. The molecule has 2 unspecified atom stereocenters. The highest BCUT2D eigenvalue weighted by Crippen LogP contribution is 2.29. The molecule has 0 bridgehead atoms. The van der Waals surface area contributed by atoms with Crippen LogP contribution in [-0.4, -0.2) is 42.9 Å². The minimum atomic E-state index is -0.173. The molecule has 124 valence electrons. The van der Waals surface area contributed by atoms with E-state index in [0.29, 0.717) is 19.5 Å². The van der Waals surface area contributed by atoms with E-state index in [-0.39, 0.29) is 23.8 Å². The molecule has 5 nitrogen and oxygen atoms in total. The lowest BCUT2D eigenvalue weighted by Gasteiger charge is -2.34. The Morgan fingerprint density at radius 3 is 2.87 bits per heavy atom. The normalized spacial score (nSPS) is 24.7. The molecule has 23 heavy (non-hydrogen) atoms. The van der Waals surface area contributed by atoms with Gasteiger partial charge in [0, 0.05) is 50.7 Å². The first-order chi connectivity index (χ1) is 11.1. The van der Waals surface area contributed by atoms with Gasteiger partial charge in [-0.2, -0.15) is 0 Å². The fraction of sp³-hybridized carbons (Fsp3) is 0.556. The van der Waals surface area contributed by atoms with Gasteiger partial charge >= 0.3 is 0 Å². The van der Waals surface area contributed by atoms with E-state index in [4.69, 9.17) is 0 Å². The highest BCUT2D eigenvalue weighted by Gasteiger charge is 2.34. The van der Waals surface area contributed by atoms with Gasteiger partial charge in [0.1, 0.15) is 0 Å². The molecule has 0 aliphatic carbocycles. The van der Waals surface area contributed by atoms with Crippen LogP contribution in [0.3, 0.4) is 0 Å². The molecule has 1 fully saturated rings. The Morgan fingerprint density at radius 2 is 2.13 bits per heavy atom. The maximum atomic E-state index is 13.1. The van der Waals surface area contributed by atoms with E-state index >= 15 is 0 Å². The number of rotatable bonds is 2. The third-order valence-corrected chi connectivity index (χ3v) is 5.02. The van der Waals surface area contributed by atoms with Crippen LogP contribution < -0.4 is 10.2 Å². The molecular weight excluding hydrogens is 290 g/mol. The van der Waals surface area contributed by atoms with Crippen molar-refractivity contribution in [2.75, 3.05) is 25.0 Å². The van der Waals surface area contributed by atoms with Gasteiger partial charge in [-0.05, 0) is 24.5 Å². The Bertz CT molecular complexity index is 602. The Hall–Kier alpha value is -2.04. The summed E-state index contributed by atoms with van der Waals surface area (Å²) in [6.45, 7) is 4.20. The van der Waals surface area contributed by atoms with Crippen molar-refractivity contribution in [2.45, 2.75) is 38.8 Å². The SMILES string of the molecule is CCC1CN(C)c2ccccc2CN1C(=O)C1CCNC(=O)C1. The fourth-order valence-electron chi connectivity index (χ4n) is 3.68. The van der Waals surface area contributed by atoms with Crippen molar-refractivity contribution >= 4 is 17.5 Å². The molecule has 0 aromatic heterocycles. The number of carbonyl (C=O) groups is 2. The van der Waals surface area contributed by atoms with Crippen LogP contribution in [0.1, 0.15) is 31.7 Å². The monoisotopic (exact) mass is 315 g/mol. The van der Waals surface area contributed by atoms with Crippen LogP contribution >= 0.6 is 0 Å². The molecule has 0 saturated carbocycles. The molecule has 0 spiro atoms. The number of benzene rings is 1. The molecular formula is C18H25N3O2. The Labute approximate surface area is 137 Å². The van der Waals surface area contributed by atoms with E-state index in [0.717, 1.165) is 19.4 Å². The molecule has 2 aliphatic heterocycles. The zero-order chi connectivity index (χ0) is 16.4. The number of amides is 2. The van der Waals surface area contributed by atoms with Crippen LogP contribution in [0, 0.1) is 5.92 Å². The zero-order valence-corrected chi connectivity index (χ0v) is 13.9. The molecule has 2 heterocycles. The fourth-order valence-corrected chi connectivity index (χ4v) is 3.68. The van der Waals surface area contributed by atoms with Crippen LogP contribution in [0.5, 0.6) is 0 Å². The molecule has 1 saturated heterocycles. The predicted octanol–water partition coefficient (Wildman–Crippen LogP) is 1.77. The highest BCUT2D eigenvalue weighted by atomic mass is 16.2. The van der Waals surface area contributed by atoms with Crippen molar-refractivity contribution in [1.82, 2.24) is 10.2 Å². The lowest BCUT2D eigenvalue weighted by Crippen LogP contribution is -2.48. The van der Waals surface area contributed by atoms with Crippen LogP contribution in [-0.2, 0) is 16.1 Å². The van der Waals surface area contributed by atoms with E-state index in [2.05, 4.69) is 36.3 Å². The minimum absolute atomic E-state index is 0.00464. The van der Waals surface area contributed by atoms with Gasteiger partial charge in [-0.1, -0.05) is 25.1 Å². The molecule has 1 aromatic rings. The average molecular weight is 315 g/mol. The van der Waals surface area contributed by atoms with Gasteiger partial charge in [-0.3, -0.25) is 9.59 Å². The molecule has 1 aromatic carbocycles. The van der Waals surface area contributed by atoms with E-state index < -0.39 is 0 Å².